The van der Waals surface area contributed by atoms with Crippen LogP contribution in [-0.2, 0) is 9.53 Å². The number of halogens is 3. The van der Waals surface area contributed by atoms with E-state index >= 15 is 4.39 Å². The summed E-state index contributed by atoms with van der Waals surface area (Å²) in [6, 6.07) is 3.22. The van der Waals surface area contributed by atoms with Crippen molar-refractivity contribution in [3.8, 4) is 5.75 Å². The van der Waals surface area contributed by atoms with Crippen LogP contribution in [0.4, 0.5) is 18.3 Å². The summed E-state index contributed by atoms with van der Waals surface area (Å²) < 4.78 is 54.9. The number of amides is 1. The van der Waals surface area contributed by atoms with Crippen LogP contribution in [0, 0.1) is 5.82 Å². The minimum atomic E-state index is -2.74. The van der Waals surface area contributed by atoms with Crippen molar-refractivity contribution in [2.24, 2.45) is 0 Å². The van der Waals surface area contributed by atoms with Crippen LogP contribution in [0.15, 0.2) is 12.1 Å². The van der Waals surface area contributed by atoms with Crippen molar-refractivity contribution in [1.29, 1.82) is 0 Å². The number of carbonyl (C=O) groups excluding carboxylic acids is 1. The van der Waals surface area contributed by atoms with Gasteiger partial charge in [0.2, 0.25) is 5.91 Å². The molecule has 1 saturated heterocycles. The van der Waals surface area contributed by atoms with Gasteiger partial charge in [-0.05, 0) is 51.2 Å². The van der Waals surface area contributed by atoms with Crippen LogP contribution in [0.1, 0.15) is 52.4 Å². The van der Waals surface area contributed by atoms with Gasteiger partial charge in [-0.25, -0.2) is 18.2 Å². The molecular weight excluding hydrogens is 455 g/mol. The highest BCUT2D eigenvalue weighted by molar-refractivity contribution is 7.22. The van der Waals surface area contributed by atoms with E-state index in [1.807, 2.05) is 6.92 Å². The number of aromatic nitrogens is 1. The maximum atomic E-state index is 15.2. The highest BCUT2D eigenvalue weighted by Crippen LogP contribution is 2.38. The fourth-order valence-corrected chi connectivity index (χ4v) is 5.47. The number of ether oxygens (including phenoxy) is 2. The van der Waals surface area contributed by atoms with Crippen LogP contribution in [0.2, 0.25) is 0 Å². The Morgan fingerprint density at radius 3 is 2.73 bits per heavy atom. The van der Waals surface area contributed by atoms with Gasteiger partial charge in [0.1, 0.15) is 0 Å². The van der Waals surface area contributed by atoms with Crippen LogP contribution >= 0.6 is 11.3 Å². The molecule has 1 aromatic carbocycles. The van der Waals surface area contributed by atoms with Crippen molar-refractivity contribution < 1.29 is 27.4 Å². The van der Waals surface area contributed by atoms with Crippen LogP contribution in [-0.4, -0.2) is 54.8 Å². The molecule has 1 aromatic heterocycles. The fraction of sp³-hybridized carbons (Fsp3) is 0.652. The number of hydrogen-bond acceptors (Lipinski definition) is 6. The van der Waals surface area contributed by atoms with Crippen molar-refractivity contribution in [2.45, 2.75) is 76.5 Å². The number of rotatable bonds is 7. The molecule has 1 amide bonds. The highest BCUT2D eigenvalue weighted by Gasteiger charge is 2.36. The molecule has 0 radical (unpaired) electrons. The molecule has 1 N–H and O–H groups in total. The second-order valence-corrected chi connectivity index (χ2v) is 10.0. The topological polar surface area (TPSA) is 63.7 Å². The summed E-state index contributed by atoms with van der Waals surface area (Å²) in [5.41, 5.74) is 0.458. The maximum Gasteiger partial charge on any atom is 0.265 e. The van der Waals surface area contributed by atoms with Gasteiger partial charge >= 0.3 is 0 Å². The lowest BCUT2D eigenvalue weighted by Gasteiger charge is -2.32. The smallest absolute Gasteiger partial charge is 0.265 e. The summed E-state index contributed by atoms with van der Waals surface area (Å²) in [6.07, 6.45) is 3.34. The second-order valence-electron chi connectivity index (χ2n) is 9.05. The van der Waals surface area contributed by atoms with E-state index in [2.05, 4.69) is 10.3 Å². The van der Waals surface area contributed by atoms with E-state index < -0.39 is 11.7 Å². The largest absolute Gasteiger partial charge is 0.487 e. The molecule has 182 valence electrons. The predicted octanol–water partition coefficient (Wildman–Crippen LogP) is 4.90. The molecule has 0 spiro atoms. The number of benzene rings is 1. The Balaban J connectivity index is 1.34. The summed E-state index contributed by atoms with van der Waals surface area (Å²) >= 11 is 1.10. The van der Waals surface area contributed by atoms with Crippen molar-refractivity contribution in [2.75, 3.05) is 24.6 Å². The molecule has 1 atom stereocenters. The molecule has 1 aliphatic carbocycles. The van der Waals surface area contributed by atoms with Crippen molar-refractivity contribution in [3.63, 3.8) is 0 Å². The molecule has 2 fully saturated rings. The molecule has 6 nitrogen and oxygen atoms in total. The zero-order valence-corrected chi connectivity index (χ0v) is 19.7. The van der Waals surface area contributed by atoms with Crippen LogP contribution in [0.25, 0.3) is 10.2 Å². The third-order valence-corrected chi connectivity index (χ3v) is 7.18. The number of fused-ring (bicyclic) bond motifs is 1. The average molecular weight is 486 g/mol. The van der Waals surface area contributed by atoms with Crippen molar-refractivity contribution in [1.82, 2.24) is 10.3 Å². The standard InChI is InChI=1S/C23H30F3N3O3S/c1-14(27-15(2)30)12-31-16-4-6-17(7-5-16)32-19-9-8-18-21(20(19)24)33-22(28-18)29-11-3-10-23(25,26)13-29/h8-9,14,16-17H,3-7,10-13H2,1-2H3,(H,27,30)/t14-,16?,17?/m0/s1. The number of thiazole rings is 1. The SMILES string of the molecule is CC(=O)N[C@@H](C)COC1CCC(Oc2ccc3nc(N4CCCC(F)(F)C4)sc3c2F)CC1. The number of carbonyl (C=O) groups is 1. The number of nitrogens with zero attached hydrogens (tertiary/aromatic N) is 2. The zero-order valence-electron chi connectivity index (χ0n) is 18.9. The Hall–Kier alpha value is -2.07. The van der Waals surface area contributed by atoms with Crippen molar-refractivity contribution >= 4 is 32.6 Å². The Morgan fingerprint density at radius 2 is 2.03 bits per heavy atom. The molecular formula is C23H30F3N3O3S. The second kappa shape index (κ2) is 10.0. The van der Waals surface area contributed by atoms with Crippen LogP contribution in [0.5, 0.6) is 5.75 Å². The summed E-state index contributed by atoms with van der Waals surface area (Å²) in [4.78, 5) is 17.0. The molecule has 4 rings (SSSR count). The fourth-order valence-electron chi connectivity index (χ4n) is 4.45. The van der Waals surface area contributed by atoms with Gasteiger partial charge in [0.15, 0.2) is 16.7 Å². The van der Waals surface area contributed by atoms with E-state index in [1.165, 1.54) is 6.92 Å². The zero-order chi connectivity index (χ0) is 23.6. The first kappa shape index (κ1) is 24.1. The molecule has 2 aromatic rings. The number of alkyl halides is 2. The monoisotopic (exact) mass is 485 g/mol. The van der Waals surface area contributed by atoms with Gasteiger partial charge < -0.3 is 19.7 Å². The Labute approximate surface area is 195 Å². The first-order chi connectivity index (χ1) is 15.7. The van der Waals surface area contributed by atoms with E-state index in [1.54, 1.807) is 17.0 Å². The molecule has 2 aliphatic rings. The molecule has 2 heterocycles. The van der Waals surface area contributed by atoms with Gasteiger partial charge in [-0.15, -0.1) is 0 Å². The average Bonchev–Trinajstić information content (AvgIpc) is 3.19. The summed E-state index contributed by atoms with van der Waals surface area (Å²) in [5, 5.41) is 3.22. The van der Waals surface area contributed by atoms with Gasteiger partial charge in [-0.1, -0.05) is 11.3 Å². The van der Waals surface area contributed by atoms with Crippen molar-refractivity contribution in [3.05, 3.63) is 17.9 Å². The Bertz CT molecular complexity index is 979. The number of anilines is 1. The number of nitrogens with one attached hydrogen (secondary N) is 1. The summed E-state index contributed by atoms with van der Waals surface area (Å²) in [5.74, 6) is -3.13. The van der Waals surface area contributed by atoms with Gasteiger partial charge in [-0.2, -0.15) is 0 Å². The minimum absolute atomic E-state index is 0.0437. The first-order valence-corrected chi connectivity index (χ1v) is 12.3. The lowest BCUT2D eigenvalue weighted by atomic mass is 9.95. The lowest BCUT2D eigenvalue weighted by molar-refractivity contribution is -0.120. The lowest BCUT2D eigenvalue weighted by Crippen LogP contribution is -2.42. The third-order valence-electron chi connectivity index (χ3n) is 6.06. The predicted molar refractivity (Wildman–Crippen MR) is 122 cm³/mol. The quantitative estimate of drug-likeness (QED) is 0.604. The Morgan fingerprint density at radius 1 is 1.30 bits per heavy atom. The van der Waals surface area contributed by atoms with E-state index in [0.717, 1.165) is 37.0 Å². The molecule has 1 aliphatic heterocycles. The summed E-state index contributed by atoms with van der Waals surface area (Å²) in [7, 11) is 0. The van der Waals surface area contributed by atoms with E-state index in [9.17, 15) is 13.6 Å². The van der Waals surface area contributed by atoms with E-state index in [-0.39, 0.29) is 42.9 Å². The summed E-state index contributed by atoms with van der Waals surface area (Å²) in [6.45, 7) is 3.95. The highest BCUT2D eigenvalue weighted by atomic mass is 32.1. The molecule has 0 bridgehead atoms. The number of piperidine rings is 1. The van der Waals surface area contributed by atoms with Gasteiger partial charge in [0.25, 0.3) is 5.92 Å². The minimum Gasteiger partial charge on any atom is -0.487 e. The molecule has 1 saturated carbocycles. The molecule has 10 heteroatoms. The van der Waals surface area contributed by atoms with Crippen LogP contribution < -0.4 is 15.0 Å². The third kappa shape index (κ3) is 6.09. The maximum absolute atomic E-state index is 15.2. The first-order valence-electron chi connectivity index (χ1n) is 11.5. The van der Waals surface area contributed by atoms with Crippen LogP contribution in [0.3, 0.4) is 0 Å². The van der Waals surface area contributed by atoms with Gasteiger partial charge in [0.05, 0.1) is 35.6 Å². The van der Waals surface area contributed by atoms with E-state index in [4.69, 9.17) is 9.47 Å². The molecule has 0 unspecified atom stereocenters. The van der Waals surface area contributed by atoms with E-state index in [0.29, 0.717) is 34.9 Å². The number of hydrogen-bond donors (Lipinski definition) is 1. The Kier molecular flexibility index (Phi) is 7.33. The van der Waals surface area contributed by atoms with Gasteiger partial charge in [-0.3, -0.25) is 4.79 Å². The normalized spacial score (nSPS) is 24.0. The van der Waals surface area contributed by atoms with Gasteiger partial charge in [0, 0.05) is 25.9 Å². The molecule has 33 heavy (non-hydrogen) atoms.